The van der Waals surface area contributed by atoms with Crippen molar-refractivity contribution in [2.75, 3.05) is 19.6 Å². The summed E-state index contributed by atoms with van der Waals surface area (Å²) in [6, 6.07) is 13.3. The number of hydrogen-bond donors (Lipinski definition) is 1. The summed E-state index contributed by atoms with van der Waals surface area (Å²) in [5.41, 5.74) is 0.942. The van der Waals surface area contributed by atoms with Gasteiger partial charge in [-0.05, 0) is 24.3 Å². The Balaban J connectivity index is 1.43. The van der Waals surface area contributed by atoms with E-state index in [0.29, 0.717) is 19.6 Å². The first-order valence-electron chi connectivity index (χ1n) is 7.94. The number of aromatic nitrogens is 1. The summed E-state index contributed by atoms with van der Waals surface area (Å²) in [6.45, 7) is 1.59. The summed E-state index contributed by atoms with van der Waals surface area (Å²) in [6.07, 6.45) is 4.22. The monoisotopic (exact) mass is 321 g/mol. The normalized spacial score (nSPS) is 16.2. The predicted octanol–water partition coefficient (Wildman–Crippen LogP) is 2.30. The van der Waals surface area contributed by atoms with Gasteiger partial charge in [0.25, 0.3) is 0 Å². The Morgan fingerprint density at radius 2 is 2.17 bits per heavy atom. The van der Waals surface area contributed by atoms with Crippen molar-refractivity contribution in [3.63, 3.8) is 0 Å². The summed E-state index contributed by atoms with van der Waals surface area (Å²) in [5, 5.41) is 2.82. The third kappa shape index (κ3) is 4.50. The van der Waals surface area contributed by atoms with Crippen LogP contribution < -0.4 is 10.1 Å². The van der Waals surface area contributed by atoms with Crippen molar-refractivity contribution in [1.29, 1.82) is 0 Å². The molecule has 1 N–H and O–H groups in total. The molecule has 0 unspecified atom stereocenters. The van der Waals surface area contributed by atoms with Crippen LogP contribution in [0.4, 0.5) is 4.79 Å². The minimum Gasteiger partial charge on any atom is -0.487 e. The Bertz CT molecular complexity index is 723. The lowest BCUT2D eigenvalue weighted by atomic mass is 10.2. The van der Waals surface area contributed by atoms with E-state index in [1.165, 1.54) is 0 Å². The number of likely N-dealkylation sites (tertiary alicyclic amines) is 1. The van der Waals surface area contributed by atoms with Crippen molar-refractivity contribution in [2.45, 2.75) is 12.5 Å². The van der Waals surface area contributed by atoms with Gasteiger partial charge in [-0.25, -0.2) is 4.79 Å². The number of pyridine rings is 1. The molecule has 1 aromatic heterocycles. The van der Waals surface area contributed by atoms with Crippen molar-refractivity contribution in [3.8, 4) is 17.6 Å². The number of carbonyl (C=O) groups is 1. The maximum absolute atomic E-state index is 12.1. The van der Waals surface area contributed by atoms with Crippen molar-refractivity contribution in [2.24, 2.45) is 0 Å². The van der Waals surface area contributed by atoms with E-state index >= 15 is 0 Å². The van der Waals surface area contributed by atoms with Crippen molar-refractivity contribution in [3.05, 3.63) is 60.4 Å². The third-order valence-electron chi connectivity index (χ3n) is 3.70. The first-order chi connectivity index (χ1) is 11.8. The largest absolute Gasteiger partial charge is 0.487 e. The van der Waals surface area contributed by atoms with Crippen LogP contribution >= 0.6 is 0 Å². The summed E-state index contributed by atoms with van der Waals surface area (Å²) < 4.78 is 5.83. The van der Waals surface area contributed by atoms with Gasteiger partial charge in [0.15, 0.2) is 0 Å². The zero-order valence-electron chi connectivity index (χ0n) is 13.3. The first kappa shape index (κ1) is 15.9. The summed E-state index contributed by atoms with van der Waals surface area (Å²) in [7, 11) is 0. The van der Waals surface area contributed by atoms with Crippen LogP contribution in [0.5, 0.6) is 5.75 Å². The predicted molar refractivity (Wildman–Crippen MR) is 91.6 cm³/mol. The molecule has 1 fully saturated rings. The highest BCUT2D eigenvalue weighted by atomic mass is 16.5. The van der Waals surface area contributed by atoms with Crippen LogP contribution in [-0.2, 0) is 0 Å². The van der Waals surface area contributed by atoms with Crippen molar-refractivity contribution < 1.29 is 9.53 Å². The van der Waals surface area contributed by atoms with E-state index < -0.39 is 0 Å². The van der Waals surface area contributed by atoms with E-state index in [9.17, 15) is 4.79 Å². The number of hydrogen-bond acceptors (Lipinski definition) is 3. The lowest BCUT2D eigenvalue weighted by Crippen LogP contribution is -2.39. The number of rotatable bonds is 3. The average Bonchev–Trinajstić information content (AvgIpc) is 3.09. The van der Waals surface area contributed by atoms with Crippen molar-refractivity contribution in [1.82, 2.24) is 15.2 Å². The molecule has 5 heteroatoms. The molecule has 1 aliphatic heterocycles. The van der Waals surface area contributed by atoms with Crippen LogP contribution in [-0.4, -0.2) is 41.7 Å². The molecule has 2 heterocycles. The quantitative estimate of drug-likeness (QED) is 0.883. The van der Waals surface area contributed by atoms with Crippen LogP contribution in [0.15, 0.2) is 54.9 Å². The molecule has 1 aliphatic rings. The zero-order chi connectivity index (χ0) is 16.6. The number of nitrogens with zero attached hydrogens (tertiary/aromatic N) is 2. The lowest BCUT2D eigenvalue weighted by molar-refractivity contribution is 0.187. The van der Waals surface area contributed by atoms with Crippen LogP contribution in [0.3, 0.4) is 0 Å². The highest BCUT2D eigenvalue weighted by molar-refractivity contribution is 5.74. The average molecular weight is 321 g/mol. The van der Waals surface area contributed by atoms with Crippen LogP contribution in [0.25, 0.3) is 0 Å². The van der Waals surface area contributed by atoms with Gasteiger partial charge in [-0.3, -0.25) is 4.98 Å². The molecule has 0 spiro atoms. The highest BCUT2D eigenvalue weighted by Crippen LogP contribution is 2.17. The van der Waals surface area contributed by atoms with Gasteiger partial charge in [-0.2, -0.15) is 0 Å². The van der Waals surface area contributed by atoms with Gasteiger partial charge in [0.2, 0.25) is 0 Å². The standard InChI is InChI=1S/C19H19N3O2/c23-19(21-12-4-8-16-6-2-1-3-7-16)22-13-10-18(15-22)24-17-9-5-11-20-14-17/h1-3,5-7,9,11,14,18H,10,12-13,15H2,(H,21,23)/t18-/m1/s1. The molecule has 1 aromatic carbocycles. The Morgan fingerprint density at radius 1 is 1.29 bits per heavy atom. The summed E-state index contributed by atoms with van der Waals surface area (Å²) in [5.74, 6) is 6.71. The molecule has 0 saturated carbocycles. The van der Waals surface area contributed by atoms with Crippen LogP contribution in [0.2, 0.25) is 0 Å². The fourth-order valence-electron chi connectivity index (χ4n) is 2.52. The second-order valence-corrected chi connectivity index (χ2v) is 5.49. The number of carbonyl (C=O) groups excluding carboxylic acids is 1. The maximum atomic E-state index is 12.1. The number of nitrogens with one attached hydrogen (secondary N) is 1. The van der Waals surface area contributed by atoms with Crippen molar-refractivity contribution >= 4 is 6.03 Å². The van der Waals surface area contributed by atoms with E-state index in [1.54, 1.807) is 17.3 Å². The van der Waals surface area contributed by atoms with Gasteiger partial charge in [0.05, 0.1) is 19.3 Å². The Hall–Kier alpha value is -3.00. The van der Waals surface area contributed by atoms with E-state index in [-0.39, 0.29) is 12.1 Å². The summed E-state index contributed by atoms with van der Waals surface area (Å²) >= 11 is 0. The number of benzene rings is 1. The lowest BCUT2D eigenvalue weighted by Gasteiger charge is -2.17. The Kier molecular flexibility index (Phi) is 5.31. The van der Waals surface area contributed by atoms with Gasteiger partial charge in [0, 0.05) is 24.7 Å². The molecular formula is C19H19N3O2. The molecule has 2 aromatic rings. The Labute approximate surface area is 141 Å². The molecule has 2 amide bonds. The second kappa shape index (κ2) is 8.02. The zero-order valence-corrected chi connectivity index (χ0v) is 13.3. The fourth-order valence-corrected chi connectivity index (χ4v) is 2.52. The molecule has 0 radical (unpaired) electrons. The third-order valence-corrected chi connectivity index (χ3v) is 3.70. The topological polar surface area (TPSA) is 54.5 Å². The van der Waals surface area contributed by atoms with Gasteiger partial charge < -0.3 is 15.0 Å². The molecule has 1 saturated heterocycles. The molecule has 24 heavy (non-hydrogen) atoms. The molecular weight excluding hydrogens is 302 g/mol. The minimum absolute atomic E-state index is 0.00959. The minimum atomic E-state index is -0.102. The Morgan fingerprint density at radius 3 is 2.96 bits per heavy atom. The van der Waals surface area contributed by atoms with E-state index in [0.717, 1.165) is 17.7 Å². The molecule has 122 valence electrons. The smallest absolute Gasteiger partial charge is 0.318 e. The second-order valence-electron chi connectivity index (χ2n) is 5.49. The first-order valence-corrected chi connectivity index (χ1v) is 7.94. The number of amides is 2. The molecule has 0 aliphatic carbocycles. The van der Waals surface area contributed by atoms with Gasteiger partial charge in [-0.15, -0.1) is 0 Å². The molecule has 5 nitrogen and oxygen atoms in total. The van der Waals surface area contributed by atoms with Gasteiger partial charge in [-0.1, -0.05) is 30.0 Å². The van der Waals surface area contributed by atoms with Crippen LogP contribution in [0.1, 0.15) is 12.0 Å². The van der Waals surface area contributed by atoms with E-state index in [4.69, 9.17) is 4.74 Å². The number of ether oxygens (including phenoxy) is 1. The number of urea groups is 1. The molecule has 3 rings (SSSR count). The van der Waals surface area contributed by atoms with Crippen LogP contribution in [0, 0.1) is 11.8 Å². The summed E-state index contributed by atoms with van der Waals surface area (Å²) in [4.78, 5) is 17.9. The van der Waals surface area contributed by atoms with E-state index in [1.807, 2.05) is 42.5 Å². The fraction of sp³-hybridized carbons (Fsp3) is 0.263. The SMILES string of the molecule is O=C(NCC#Cc1ccccc1)N1CC[C@@H](Oc2cccnc2)C1. The molecule has 1 atom stereocenters. The van der Waals surface area contributed by atoms with Gasteiger partial charge >= 0.3 is 6.03 Å². The molecule has 0 bridgehead atoms. The van der Waals surface area contributed by atoms with Gasteiger partial charge in [0.1, 0.15) is 11.9 Å². The highest BCUT2D eigenvalue weighted by Gasteiger charge is 2.27. The van der Waals surface area contributed by atoms with E-state index in [2.05, 4.69) is 22.1 Å². The maximum Gasteiger partial charge on any atom is 0.318 e.